The van der Waals surface area contributed by atoms with Gasteiger partial charge in [-0.15, -0.1) is 22.7 Å². The van der Waals surface area contributed by atoms with E-state index in [2.05, 4.69) is 107 Å². The zero-order valence-electron chi connectivity index (χ0n) is 18.6. The minimum absolute atomic E-state index is 1.05. The summed E-state index contributed by atoms with van der Waals surface area (Å²) in [5.74, 6) is 0. The van der Waals surface area contributed by atoms with Crippen LogP contribution in [0, 0.1) is 0 Å². The summed E-state index contributed by atoms with van der Waals surface area (Å²) in [7, 11) is 0. The Balaban J connectivity index is 1.54. The Hall–Kier alpha value is -3.99. The standard InChI is InChI=1S/C31H18N2S2/c1-2-8-19(9-3-1)20-14-26-31(32-17-20)24-15-23-21-10-4-7-13-29(21)35-30(23)16-25(24)33(26)27-18-34-28-12-6-5-11-22(27)28/h1-18H. The molecule has 4 heteroatoms. The van der Waals surface area contributed by atoms with Gasteiger partial charge in [0.1, 0.15) is 0 Å². The Morgan fingerprint density at radius 3 is 2.23 bits per heavy atom. The van der Waals surface area contributed by atoms with Gasteiger partial charge in [-0.3, -0.25) is 4.98 Å². The van der Waals surface area contributed by atoms with Crippen molar-refractivity contribution in [1.29, 1.82) is 0 Å². The molecule has 8 rings (SSSR count). The highest BCUT2D eigenvalue weighted by atomic mass is 32.1. The Morgan fingerprint density at radius 2 is 1.34 bits per heavy atom. The first-order chi connectivity index (χ1) is 17.3. The average molecular weight is 483 g/mol. The van der Waals surface area contributed by atoms with Crippen LogP contribution in [0.3, 0.4) is 0 Å². The molecule has 0 atom stereocenters. The Labute approximate surface area is 209 Å². The topological polar surface area (TPSA) is 17.8 Å². The smallest absolute Gasteiger partial charge is 0.0964 e. The van der Waals surface area contributed by atoms with Crippen molar-refractivity contribution < 1.29 is 0 Å². The van der Waals surface area contributed by atoms with Crippen molar-refractivity contribution in [1.82, 2.24) is 9.55 Å². The molecule has 0 saturated carbocycles. The third-order valence-electron chi connectivity index (χ3n) is 6.91. The summed E-state index contributed by atoms with van der Waals surface area (Å²) in [5, 5.41) is 7.38. The minimum atomic E-state index is 1.05. The molecule has 35 heavy (non-hydrogen) atoms. The number of aromatic nitrogens is 2. The molecule has 0 bridgehead atoms. The number of benzene rings is 4. The first-order valence-electron chi connectivity index (χ1n) is 11.6. The van der Waals surface area contributed by atoms with E-state index in [1.165, 1.54) is 52.4 Å². The largest absolute Gasteiger partial charge is 0.306 e. The van der Waals surface area contributed by atoms with Gasteiger partial charge in [0.05, 0.1) is 22.2 Å². The van der Waals surface area contributed by atoms with Gasteiger partial charge < -0.3 is 4.57 Å². The number of hydrogen-bond acceptors (Lipinski definition) is 3. The van der Waals surface area contributed by atoms with Crippen molar-refractivity contribution in [2.24, 2.45) is 0 Å². The quantitative estimate of drug-likeness (QED) is 0.240. The molecular formula is C31H18N2S2. The minimum Gasteiger partial charge on any atom is -0.306 e. The van der Waals surface area contributed by atoms with Gasteiger partial charge in [-0.2, -0.15) is 0 Å². The van der Waals surface area contributed by atoms with Gasteiger partial charge in [0.2, 0.25) is 0 Å². The molecule has 0 unspecified atom stereocenters. The summed E-state index contributed by atoms with van der Waals surface area (Å²) < 4.78 is 6.36. The molecule has 8 aromatic rings. The van der Waals surface area contributed by atoms with Crippen LogP contribution in [0.2, 0.25) is 0 Å². The fourth-order valence-corrected chi connectivity index (χ4v) is 7.33. The van der Waals surface area contributed by atoms with E-state index < -0.39 is 0 Å². The van der Waals surface area contributed by atoms with E-state index in [4.69, 9.17) is 4.98 Å². The maximum absolute atomic E-state index is 5.05. The number of thiophene rings is 2. The van der Waals surface area contributed by atoms with E-state index in [-0.39, 0.29) is 0 Å². The van der Waals surface area contributed by atoms with Crippen LogP contribution in [0.25, 0.3) is 69.0 Å². The number of rotatable bonds is 2. The van der Waals surface area contributed by atoms with Crippen LogP contribution < -0.4 is 0 Å². The lowest BCUT2D eigenvalue weighted by Gasteiger charge is -2.08. The number of hydrogen-bond donors (Lipinski definition) is 0. The molecule has 164 valence electrons. The van der Waals surface area contributed by atoms with Crippen molar-refractivity contribution in [3.8, 4) is 16.8 Å². The van der Waals surface area contributed by atoms with E-state index >= 15 is 0 Å². The molecule has 0 amide bonds. The molecule has 0 saturated heterocycles. The van der Waals surface area contributed by atoms with E-state index in [0.29, 0.717) is 0 Å². The lowest BCUT2D eigenvalue weighted by Crippen LogP contribution is -1.93. The molecule has 4 aromatic heterocycles. The van der Waals surface area contributed by atoms with Crippen molar-refractivity contribution >= 4 is 74.9 Å². The molecule has 0 aliphatic rings. The summed E-state index contributed by atoms with van der Waals surface area (Å²) in [6.07, 6.45) is 2.02. The first kappa shape index (κ1) is 19.3. The van der Waals surface area contributed by atoms with Crippen molar-refractivity contribution in [3.05, 3.63) is 109 Å². The van der Waals surface area contributed by atoms with Crippen molar-refractivity contribution in [2.45, 2.75) is 0 Å². The fourth-order valence-electron chi connectivity index (χ4n) is 5.28. The van der Waals surface area contributed by atoms with Gasteiger partial charge in [0, 0.05) is 52.8 Å². The number of nitrogens with zero attached hydrogens (tertiary/aromatic N) is 2. The summed E-state index contributed by atoms with van der Waals surface area (Å²) in [6.45, 7) is 0. The van der Waals surface area contributed by atoms with Gasteiger partial charge in [-0.1, -0.05) is 66.7 Å². The normalized spacial score (nSPS) is 12.0. The summed E-state index contributed by atoms with van der Waals surface area (Å²) in [5.41, 5.74) is 6.94. The predicted octanol–water partition coefficient (Wildman–Crippen LogP) is 9.43. The average Bonchev–Trinajstić information content (AvgIpc) is 3.59. The zero-order valence-corrected chi connectivity index (χ0v) is 20.2. The molecule has 4 heterocycles. The molecule has 0 spiro atoms. The molecule has 0 radical (unpaired) electrons. The maximum Gasteiger partial charge on any atom is 0.0964 e. The SMILES string of the molecule is c1ccc(-c2cnc3c4cc5c(cc4n(-c4csc6ccccc46)c3c2)sc2ccccc25)cc1. The first-order valence-corrected chi connectivity index (χ1v) is 13.3. The van der Waals surface area contributed by atoms with E-state index in [0.717, 1.165) is 16.6 Å². The third kappa shape index (κ3) is 2.78. The van der Waals surface area contributed by atoms with Crippen LogP contribution >= 0.6 is 22.7 Å². The lowest BCUT2D eigenvalue weighted by molar-refractivity contribution is 1.20. The monoisotopic (exact) mass is 482 g/mol. The predicted molar refractivity (Wildman–Crippen MR) is 152 cm³/mol. The van der Waals surface area contributed by atoms with Crippen LogP contribution in [-0.4, -0.2) is 9.55 Å². The molecule has 0 N–H and O–H groups in total. The van der Waals surface area contributed by atoms with Crippen LogP contribution in [0.5, 0.6) is 0 Å². The number of pyridine rings is 1. The highest BCUT2D eigenvalue weighted by Gasteiger charge is 2.19. The van der Waals surface area contributed by atoms with Crippen LogP contribution in [0.1, 0.15) is 0 Å². The van der Waals surface area contributed by atoms with Gasteiger partial charge in [-0.25, -0.2) is 0 Å². The van der Waals surface area contributed by atoms with Gasteiger partial charge in [-0.05, 0) is 35.9 Å². The second kappa shape index (κ2) is 7.25. The van der Waals surface area contributed by atoms with Gasteiger partial charge in [0.15, 0.2) is 0 Å². The Morgan fingerprint density at radius 1 is 0.571 bits per heavy atom. The summed E-state index contributed by atoms with van der Waals surface area (Å²) in [4.78, 5) is 5.05. The van der Waals surface area contributed by atoms with Crippen molar-refractivity contribution in [3.63, 3.8) is 0 Å². The maximum atomic E-state index is 5.05. The van der Waals surface area contributed by atoms with Crippen LogP contribution in [-0.2, 0) is 0 Å². The Kier molecular flexibility index (Phi) is 4.01. The molecule has 0 aliphatic heterocycles. The summed E-state index contributed by atoms with van der Waals surface area (Å²) >= 11 is 3.66. The highest BCUT2D eigenvalue weighted by molar-refractivity contribution is 7.25. The highest BCUT2D eigenvalue weighted by Crippen LogP contribution is 2.42. The van der Waals surface area contributed by atoms with E-state index in [1.54, 1.807) is 11.3 Å². The molecule has 0 fully saturated rings. The Bertz CT molecular complexity index is 2060. The van der Waals surface area contributed by atoms with Crippen molar-refractivity contribution in [2.75, 3.05) is 0 Å². The fraction of sp³-hybridized carbons (Fsp3) is 0. The molecule has 2 nitrogen and oxygen atoms in total. The van der Waals surface area contributed by atoms with Gasteiger partial charge in [0.25, 0.3) is 0 Å². The van der Waals surface area contributed by atoms with Crippen LogP contribution in [0.4, 0.5) is 0 Å². The van der Waals surface area contributed by atoms with E-state index in [9.17, 15) is 0 Å². The molecule has 0 aliphatic carbocycles. The second-order valence-corrected chi connectivity index (χ2v) is 10.9. The molecular weight excluding hydrogens is 464 g/mol. The lowest BCUT2D eigenvalue weighted by atomic mass is 10.1. The van der Waals surface area contributed by atoms with Gasteiger partial charge >= 0.3 is 0 Å². The third-order valence-corrected chi connectivity index (χ3v) is 8.99. The van der Waals surface area contributed by atoms with Crippen LogP contribution in [0.15, 0.2) is 109 Å². The summed E-state index contributed by atoms with van der Waals surface area (Å²) in [6, 6.07) is 34.9. The molecule has 4 aromatic carbocycles. The van der Waals surface area contributed by atoms with E-state index in [1.807, 2.05) is 17.5 Å². The second-order valence-electron chi connectivity index (χ2n) is 8.87. The number of fused-ring (bicyclic) bond motifs is 7. The zero-order chi connectivity index (χ0) is 22.9.